The van der Waals surface area contributed by atoms with Crippen LogP contribution >= 0.6 is 0 Å². The number of nitrogens with one attached hydrogen (secondary N) is 1. The monoisotopic (exact) mass is 214 g/mol. The second kappa shape index (κ2) is 5.83. The Hall–Kier alpha value is -0.120. The first-order valence-corrected chi connectivity index (χ1v) is 6.02. The Morgan fingerprint density at radius 3 is 2.67 bits per heavy atom. The predicted molar refractivity (Wildman–Crippen MR) is 64.2 cm³/mol. The zero-order valence-corrected chi connectivity index (χ0v) is 10.7. The molecule has 1 aliphatic rings. The lowest BCUT2D eigenvalue weighted by molar-refractivity contribution is -0.00424. The molecule has 1 N–H and O–H groups in total. The van der Waals surface area contributed by atoms with E-state index in [4.69, 9.17) is 4.74 Å². The molecule has 0 aromatic carbocycles. The van der Waals surface area contributed by atoms with Crippen LogP contribution in [0.25, 0.3) is 0 Å². The third-order valence-corrected chi connectivity index (χ3v) is 3.13. The van der Waals surface area contributed by atoms with E-state index in [1.807, 2.05) is 7.05 Å². The molecule has 15 heavy (non-hydrogen) atoms. The normalized spacial score (nSPS) is 23.4. The summed E-state index contributed by atoms with van der Waals surface area (Å²) in [4.78, 5) is 2.37. The first-order valence-electron chi connectivity index (χ1n) is 6.02. The van der Waals surface area contributed by atoms with Crippen molar-refractivity contribution in [2.45, 2.75) is 44.8 Å². The predicted octanol–water partition coefficient (Wildman–Crippen LogP) is 1.49. The van der Waals surface area contributed by atoms with E-state index >= 15 is 0 Å². The van der Waals surface area contributed by atoms with E-state index in [0.717, 1.165) is 19.7 Å². The summed E-state index contributed by atoms with van der Waals surface area (Å²) in [5.41, 5.74) is 0.184. The van der Waals surface area contributed by atoms with Crippen molar-refractivity contribution in [3.8, 4) is 0 Å². The van der Waals surface area contributed by atoms with Crippen LogP contribution in [0.3, 0.4) is 0 Å². The molecule has 90 valence electrons. The molecule has 0 spiro atoms. The van der Waals surface area contributed by atoms with Crippen LogP contribution < -0.4 is 5.32 Å². The van der Waals surface area contributed by atoms with E-state index in [9.17, 15) is 0 Å². The van der Waals surface area contributed by atoms with Crippen LogP contribution in [0.4, 0.5) is 0 Å². The van der Waals surface area contributed by atoms with Gasteiger partial charge in [0.2, 0.25) is 0 Å². The van der Waals surface area contributed by atoms with E-state index in [1.165, 1.54) is 19.3 Å². The van der Waals surface area contributed by atoms with Crippen LogP contribution in [-0.4, -0.2) is 50.3 Å². The molecule has 0 saturated carbocycles. The fraction of sp³-hybridized carbons (Fsp3) is 1.00. The molecule has 3 nitrogen and oxygen atoms in total. The Labute approximate surface area is 94.2 Å². The Morgan fingerprint density at radius 1 is 1.40 bits per heavy atom. The molecule has 0 aliphatic carbocycles. The van der Waals surface area contributed by atoms with Gasteiger partial charge in [0.1, 0.15) is 0 Å². The average molecular weight is 214 g/mol. The van der Waals surface area contributed by atoms with Crippen molar-refractivity contribution in [1.82, 2.24) is 10.2 Å². The van der Waals surface area contributed by atoms with Gasteiger partial charge in [-0.1, -0.05) is 0 Å². The summed E-state index contributed by atoms with van der Waals surface area (Å²) < 4.78 is 5.73. The van der Waals surface area contributed by atoms with Crippen LogP contribution in [0.2, 0.25) is 0 Å². The van der Waals surface area contributed by atoms with Crippen LogP contribution in [0, 0.1) is 0 Å². The van der Waals surface area contributed by atoms with Crippen LogP contribution in [0.5, 0.6) is 0 Å². The summed E-state index contributed by atoms with van der Waals surface area (Å²) in [6, 6.07) is 0. The second-order valence-electron chi connectivity index (χ2n) is 5.32. The van der Waals surface area contributed by atoms with E-state index < -0.39 is 0 Å². The molecule has 1 saturated heterocycles. The molecule has 1 atom stereocenters. The van der Waals surface area contributed by atoms with Crippen molar-refractivity contribution < 1.29 is 4.74 Å². The largest absolute Gasteiger partial charge is 0.377 e. The summed E-state index contributed by atoms with van der Waals surface area (Å²) in [7, 11) is 4.20. The maximum absolute atomic E-state index is 5.73. The Balaban J connectivity index is 2.25. The zero-order valence-electron chi connectivity index (χ0n) is 10.7. The number of rotatable bonds is 5. The van der Waals surface area contributed by atoms with Crippen molar-refractivity contribution in [2.75, 3.05) is 33.8 Å². The van der Waals surface area contributed by atoms with E-state index in [1.54, 1.807) is 0 Å². The minimum Gasteiger partial charge on any atom is -0.377 e. The number of hydrogen-bond donors (Lipinski definition) is 1. The highest BCUT2D eigenvalue weighted by Crippen LogP contribution is 2.14. The first kappa shape index (κ1) is 12.9. The van der Waals surface area contributed by atoms with Crippen molar-refractivity contribution >= 4 is 0 Å². The minimum atomic E-state index is 0.184. The molecule has 1 heterocycles. The fourth-order valence-electron chi connectivity index (χ4n) is 2.12. The summed E-state index contributed by atoms with van der Waals surface area (Å²) >= 11 is 0. The zero-order chi connectivity index (χ0) is 11.3. The van der Waals surface area contributed by atoms with E-state index in [0.29, 0.717) is 6.10 Å². The van der Waals surface area contributed by atoms with Gasteiger partial charge in [0.15, 0.2) is 0 Å². The topological polar surface area (TPSA) is 24.5 Å². The van der Waals surface area contributed by atoms with Crippen molar-refractivity contribution in [3.63, 3.8) is 0 Å². The van der Waals surface area contributed by atoms with Gasteiger partial charge < -0.3 is 15.0 Å². The molecule has 1 fully saturated rings. The molecule has 0 bridgehead atoms. The summed E-state index contributed by atoms with van der Waals surface area (Å²) in [5, 5.41) is 3.33. The SMILES string of the molecule is CNC(C)(C)CN(C)CC1CCCCO1. The van der Waals surface area contributed by atoms with E-state index in [2.05, 4.69) is 31.1 Å². The Kier molecular flexibility index (Phi) is 5.03. The van der Waals surface area contributed by atoms with Gasteiger partial charge >= 0.3 is 0 Å². The summed E-state index contributed by atoms with van der Waals surface area (Å²) in [5.74, 6) is 0. The van der Waals surface area contributed by atoms with Gasteiger partial charge in [-0.2, -0.15) is 0 Å². The molecule has 1 rings (SSSR count). The molecule has 0 radical (unpaired) electrons. The first-order chi connectivity index (χ1) is 7.03. The van der Waals surface area contributed by atoms with Gasteiger partial charge in [0, 0.05) is 25.2 Å². The fourth-order valence-corrected chi connectivity index (χ4v) is 2.12. The van der Waals surface area contributed by atoms with E-state index in [-0.39, 0.29) is 5.54 Å². The van der Waals surface area contributed by atoms with Gasteiger partial charge in [-0.15, -0.1) is 0 Å². The van der Waals surface area contributed by atoms with Crippen molar-refractivity contribution in [3.05, 3.63) is 0 Å². The minimum absolute atomic E-state index is 0.184. The maximum Gasteiger partial charge on any atom is 0.0701 e. The van der Waals surface area contributed by atoms with Crippen LogP contribution in [0.1, 0.15) is 33.1 Å². The highest BCUT2D eigenvalue weighted by Gasteiger charge is 2.21. The number of likely N-dealkylation sites (N-methyl/N-ethyl adjacent to an activating group) is 2. The molecule has 0 aromatic heterocycles. The lowest BCUT2D eigenvalue weighted by atomic mass is 10.0. The molecule has 3 heteroatoms. The Morgan fingerprint density at radius 2 is 2.13 bits per heavy atom. The highest BCUT2D eigenvalue weighted by molar-refractivity contribution is 4.80. The van der Waals surface area contributed by atoms with Gasteiger partial charge in [-0.25, -0.2) is 0 Å². The maximum atomic E-state index is 5.73. The molecule has 1 unspecified atom stereocenters. The highest BCUT2D eigenvalue weighted by atomic mass is 16.5. The molecular weight excluding hydrogens is 188 g/mol. The van der Waals surface area contributed by atoms with Gasteiger partial charge in [0.25, 0.3) is 0 Å². The molecule has 0 amide bonds. The van der Waals surface area contributed by atoms with Crippen molar-refractivity contribution in [1.29, 1.82) is 0 Å². The second-order valence-corrected chi connectivity index (χ2v) is 5.32. The molecule has 1 aliphatic heterocycles. The summed E-state index contributed by atoms with van der Waals surface area (Å²) in [6.45, 7) is 7.53. The Bertz CT molecular complexity index is 176. The number of hydrogen-bond acceptors (Lipinski definition) is 3. The quantitative estimate of drug-likeness (QED) is 0.750. The van der Waals surface area contributed by atoms with Crippen LogP contribution in [0.15, 0.2) is 0 Å². The molecular formula is C12H26N2O. The number of nitrogens with zero attached hydrogens (tertiary/aromatic N) is 1. The molecule has 0 aromatic rings. The standard InChI is InChI=1S/C12H26N2O/c1-12(2,13-3)10-14(4)9-11-7-5-6-8-15-11/h11,13H,5-10H2,1-4H3. The van der Waals surface area contributed by atoms with Crippen molar-refractivity contribution in [2.24, 2.45) is 0 Å². The smallest absolute Gasteiger partial charge is 0.0701 e. The van der Waals surface area contributed by atoms with Gasteiger partial charge in [-0.05, 0) is 47.2 Å². The lowest BCUT2D eigenvalue weighted by Gasteiger charge is -2.33. The van der Waals surface area contributed by atoms with Crippen LogP contribution in [-0.2, 0) is 4.74 Å². The number of ether oxygens (including phenoxy) is 1. The summed E-state index contributed by atoms with van der Waals surface area (Å²) in [6.07, 6.45) is 4.25. The average Bonchev–Trinajstić information content (AvgIpc) is 2.18. The van der Waals surface area contributed by atoms with Gasteiger partial charge in [-0.3, -0.25) is 0 Å². The lowest BCUT2D eigenvalue weighted by Crippen LogP contribution is -2.48. The third-order valence-electron chi connectivity index (χ3n) is 3.13. The van der Waals surface area contributed by atoms with Gasteiger partial charge in [0.05, 0.1) is 6.10 Å². The third kappa shape index (κ3) is 4.96.